The Hall–Kier alpha value is -0.640. The Morgan fingerprint density at radius 1 is 1.70 bits per heavy atom. The number of hydrogen-bond donors (Lipinski definition) is 1. The predicted molar refractivity (Wildman–Crippen MR) is 35.7 cm³/mol. The van der Waals surface area contributed by atoms with E-state index < -0.39 is 12.1 Å². The van der Waals surface area contributed by atoms with Gasteiger partial charge in [0.05, 0.1) is 0 Å². The summed E-state index contributed by atoms with van der Waals surface area (Å²) in [6.45, 7) is 0.466. The maximum Gasteiger partial charge on any atom is 0.338 e. The number of halogens is 1. The lowest BCUT2D eigenvalue weighted by Crippen LogP contribution is -2.22. The molecular formula is C6H12FNO2. The fourth-order valence-electron chi connectivity index (χ4n) is 0.495. The van der Waals surface area contributed by atoms with Crippen LogP contribution in [0.5, 0.6) is 0 Å². The molecule has 0 saturated carbocycles. The minimum Gasteiger partial charge on any atom is -0.479 e. The second-order valence-corrected chi connectivity index (χ2v) is 2.40. The van der Waals surface area contributed by atoms with Crippen LogP contribution < -0.4 is 0 Å². The van der Waals surface area contributed by atoms with Crippen molar-refractivity contribution in [3.8, 4) is 0 Å². The normalized spacial score (nSPS) is 13.6. The number of carboxylic acid groups (broad SMARTS) is 1. The average Bonchev–Trinajstić information content (AvgIpc) is 1.82. The zero-order valence-electron chi connectivity index (χ0n) is 6.17. The van der Waals surface area contributed by atoms with Crippen LogP contribution in [0.15, 0.2) is 0 Å². The van der Waals surface area contributed by atoms with Gasteiger partial charge in [-0.1, -0.05) is 0 Å². The summed E-state index contributed by atoms with van der Waals surface area (Å²) in [7, 11) is 3.54. The molecule has 0 saturated heterocycles. The number of carboxylic acids is 1. The Morgan fingerprint density at radius 3 is 2.50 bits per heavy atom. The van der Waals surface area contributed by atoms with Crippen LogP contribution in [0.25, 0.3) is 0 Å². The molecule has 0 spiro atoms. The van der Waals surface area contributed by atoms with Gasteiger partial charge < -0.3 is 10.0 Å². The van der Waals surface area contributed by atoms with E-state index in [4.69, 9.17) is 5.11 Å². The molecule has 3 nitrogen and oxygen atoms in total. The van der Waals surface area contributed by atoms with E-state index >= 15 is 0 Å². The molecule has 0 amide bonds. The summed E-state index contributed by atoms with van der Waals surface area (Å²) >= 11 is 0. The molecule has 0 fully saturated rings. The third-order valence-electron chi connectivity index (χ3n) is 1.10. The van der Waals surface area contributed by atoms with E-state index in [9.17, 15) is 9.18 Å². The van der Waals surface area contributed by atoms with Gasteiger partial charge in [-0.25, -0.2) is 9.18 Å². The maximum atomic E-state index is 12.3. The van der Waals surface area contributed by atoms with Crippen LogP contribution in [0.1, 0.15) is 6.42 Å². The smallest absolute Gasteiger partial charge is 0.338 e. The van der Waals surface area contributed by atoms with Crippen LogP contribution in [-0.4, -0.2) is 42.8 Å². The molecule has 60 valence electrons. The van der Waals surface area contributed by atoms with E-state index in [1.807, 2.05) is 0 Å². The third-order valence-corrected chi connectivity index (χ3v) is 1.10. The van der Waals surface area contributed by atoms with Gasteiger partial charge in [-0.15, -0.1) is 0 Å². The van der Waals surface area contributed by atoms with Crippen molar-refractivity contribution in [1.82, 2.24) is 4.90 Å². The van der Waals surface area contributed by atoms with Crippen LogP contribution in [0.3, 0.4) is 0 Å². The summed E-state index contributed by atoms with van der Waals surface area (Å²) in [6.07, 6.45) is -1.66. The fraction of sp³-hybridized carbons (Fsp3) is 0.833. The molecule has 4 heteroatoms. The highest BCUT2D eigenvalue weighted by Gasteiger charge is 2.14. The summed E-state index contributed by atoms with van der Waals surface area (Å²) in [6, 6.07) is 0. The van der Waals surface area contributed by atoms with E-state index in [2.05, 4.69) is 0 Å². The van der Waals surface area contributed by atoms with Gasteiger partial charge >= 0.3 is 5.97 Å². The topological polar surface area (TPSA) is 40.5 Å². The molecule has 0 rings (SSSR count). The summed E-state index contributed by atoms with van der Waals surface area (Å²) in [4.78, 5) is 11.7. The van der Waals surface area contributed by atoms with Gasteiger partial charge in [0.25, 0.3) is 0 Å². The first kappa shape index (κ1) is 9.36. The van der Waals surface area contributed by atoms with Crippen LogP contribution in [-0.2, 0) is 4.79 Å². The second kappa shape index (κ2) is 4.22. The van der Waals surface area contributed by atoms with E-state index in [-0.39, 0.29) is 6.42 Å². The molecule has 0 aliphatic rings. The number of hydrogen-bond acceptors (Lipinski definition) is 2. The van der Waals surface area contributed by atoms with Crippen molar-refractivity contribution >= 4 is 5.97 Å². The quantitative estimate of drug-likeness (QED) is 0.627. The molecule has 1 atom stereocenters. The number of rotatable bonds is 4. The summed E-state index contributed by atoms with van der Waals surface area (Å²) in [5, 5.41) is 8.10. The minimum absolute atomic E-state index is 0.0579. The average molecular weight is 149 g/mol. The molecule has 0 aromatic rings. The van der Waals surface area contributed by atoms with Crippen molar-refractivity contribution in [2.45, 2.75) is 12.6 Å². The Bertz CT molecular complexity index is 116. The van der Waals surface area contributed by atoms with E-state index in [1.165, 1.54) is 0 Å². The lowest BCUT2D eigenvalue weighted by Gasteiger charge is -2.08. The van der Waals surface area contributed by atoms with Gasteiger partial charge in [0, 0.05) is 13.0 Å². The molecule has 0 aliphatic carbocycles. The first-order valence-corrected chi connectivity index (χ1v) is 3.05. The lowest BCUT2D eigenvalue weighted by molar-refractivity contribution is -0.143. The van der Waals surface area contributed by atoms with Gasteiger partial charge in [0.1, 0.15) is 0 Å². The molecule has 0 radical (unpaired) electrons. The monoisotopic (exact) mass is 149 g/mol. The molecule has 0 bridgehead atoms. The van der Waals surface area contributed by atoms with E-state index in [0.717, 1.165) is 0 Å². The Balaban J connectivity index is 3.40. The number of alkyl halides is 1. The lowest BCUT2D eigenvalue weighted by atomic mass is 10.3. The van der Waals surface area contributed by atoms with Gasteiger partial charge in [0.2, 0.25) is 0 Å². The molecule has 1 N–H and O–H groups in total. The van der Waals surface area contributed by atoms with Crippen LogP contribution in [0, 0.1) is 0 Å². The Labute approximate surface area is 59.4 Å². The SMILES string of the molecule is CN(C)CCC(F)C(=O)O. The van der Waals surface area contributed by atoms with Gasteiger partial charge in [-0.3, -0.25) is 0 Å². The molecular weight excluding hydrogens is 137 g/mol. The predicted octanol–water partition coefficient (Wildman–Crippen LogP) is 0.361. The first-order valence-electron chi connectivity index (χ1n) is 3.05. The number of carbonyl (C=O) groups is 1. The largest absolute Gasteiger partial charge is 0.479 e. The van der Waals surface area contributed by atoms with Crippen molar-refractivity contribution in [3.63, 3.8) is 0 Å². The molecule has 0 aliphatic heterocycles. The van der Waals surface area contributed by atoms with Gasteiger partial charge in [-0.05, 0) is 14.1 Å². The standard InChI is InChI=1S/C6H12FNO2/c1-8(2)4-3-5(7)6(9)10/h5H,3-4H2,1-2H3,(H,9,10). The molecule has 0 aromatic heterocycles. The van der Waals surface area contributed by atoms with Crippen molar-refractivity contribution in [2.75, 3.05) is 20.6 Å². The van der Waals surface area contributed by atoms with E-state index in [1.54, 1.807) is 19.0 Å². The molecule has 0 aromatic carbocycles. The highest BCUT2D eigenvalue weighted by Crippen LogP contribution is 1.97. The highest BCUT2D eigenvalue weighted by atomic mass is 19.1. The van der Waals surface area contributed by atoms with Crippen LogP contribution in [0.4, 0.5) is 4.39 Å². The number of aliphatic carboxylic acids is 1. The Kier molecular flexibility index (Phi) is 3.95. The van der Waals surface area contributed by atoms with Crippen molar-refractivity contribution in [2.24, 2.45) is 0 Å². The van der Waals surface area contributed by atoms with Gasteiger partial charge in [-0.2, -0.15) is 0 Å². The molecule has 10 heavy (non-hydrogen) atoms. The van der Waals surface area contributed by atoms with Gasteiger partial charge in [0.15, 0.2) is 6.17 Å². The fourth-order valence-corrected chi connectivity index (χ4v) is 0.495. The van der Waals surface area contributed by atoms with E-state index in [0.29, 0.717) is 6.54 Å². The Morgan fingerprint density at radius 2 is 2.20 bits per heavy atom. The van der Waals surface area contributed by atoms with Crippen molar-refractivity contribution < 1.29 is 14.3 Å². The summed E-state index contributed by atoms with van der Waals surface area (Å²) in [5.41, 5.74) is 0. The van der Waals surface area contributed by atoms with Crippen LogP contribution in [0.2, 0.25) is 0 Å². The first-order chi connectivity index (χ1) is 4.54. The van der Waals surface area contributed by atoms with Crippen LogP contribution >= 0.6 is 0 Å². The minimum atomic E-state index is -1.72. The molecule has 0 heterocycles. The summed E-state index contributed by atoms with van der Waals surface area (Å²) < 4.78 is 12.3. The highest BCUT2D eigenvalue weighted by molar-refractivity contribution is 5.71. The zero-order valence-corrected chi connectivity index (χ0v) is 6.17. The number of nitrogens with zero attached hydrogens (tertiary/aromatic N) is 1. The second-order valence-electron chi connectivity index (χ2n) is 2.40. The maximum absolute atomic E-state index is 12.3. The van der Waals surface area contributed by atoms with Crippen molar-refractivity contribution in [1.29, 1.82) is 0 Å². The van der Waals surface area contributed by atoms with Crippen molar-refractivity contribution in [3.05, 3.63) is 0 Å². The molecule has 1 unspecified atom stereocenters. The summed E-state index contributed by atoms with van der Waals surface area (Å²) in [5.74, 6) is -1.37. The zero-order chi connectivity index (χ0) is 8.15. The third kappa shape index (κ3) is 4.26.